The highest BCUT2D eigenvalue weighted by molar-refractivity contribution is 5.72. The number of ether oxygens (including phenoxy) is 3. The van der Waals surface area contributed by atoms with Crippen LogP contribution in [-0.2, 0) is 28.6 Å². The molecule has 6 heteroatoms. The lowest BCUT2D eigenvalue weighted by Crippen LogP contribution is -2.30. The number of hydrogen-bond acceptors (Lipinski definition) is 6. The van der Waals surface area contributed by atoms with Crippen LogP contribution >= 0.6 is 0 Å². The molecule has 0 fully saturated rings. The lowest BCUT2D eigenvalue weighted by molar-refractivity contribution is -0.166. The number of unbranched alkanes of at least 4 members (excludes halogenated alkanes) is 37. The summed E-state index contributed by atoms with van der Waals surface area (Å²) in [6.45, 7) is 6.49. The molecule has 0 saturated heterocycles. The van der Waals surface area contributed by atoms with Gasteiger partial charge in [-0.25, -0.2) is 0 Å². The zero-order chi connectivity index (χ0) is 54.3. The topological polar surface area (TPSA) is 78.9 Å². The molecule has 434 valence electrons. The van der Waals surface area contributed by atoms with E-state index in [2.05, 4.69) is 81.5 Å². The number of allylic oxidation sites excluding steroid dienone is 11. The number of hydrogen-bond donors (Lipinski definition) is 0. The third-order valence-electron chi connectivity index (χ3n) is 14.2. The molecule has 0 aromatic heterocycles. The molecule has 6 nitrogen and oxygen atoms in total. The Morgan fingerprint density at radius 1 is 0.293 bits per heavy atom. The highest BCUT2D eigenvalue weighted by atomic mass is 16.6. The van der Waals surface area contributed by atoms with E-state index < -0.39 is 12.1 Å². The Morgan fingerprint density at radius 2 is 0.573 bits per heavy atom. The summed E-state index contributed by atoms with van der Waals surface area (Å²) >= 11 is 0. The third kappa shape index (κ3) is 61.6. The van der Waals surface area contributed by atoms with E-state index in [1.165, 1.54) is 218 Å². The van der Waals surface area contributed by atoms with E-state index >= 15 is 0 Å². The molecule has 0 saturated carbocycles. The van der Waals surface area contributed by atoms with Crippen molar-refractivity contribution >= 4 is 17.9 Å². The molecule has 0 rings (SSSR count). The lowest BCUT2D eigenvalue weighted by atomic mass is 10.0. The van der Waals surface area contributed by atoms with Crippen molar-refractivity contribution in [2.75, 3.05) is 13.2 Å². The van der Waals surface area contributed by atoms with E-state index in [4.69, 9.17) is 14.2 Å². The van der Waals surface area contributed by atoms with Crippen molar-refractivity contribution in [2.45, 2.75) is 335 Å². The third-order valence-corrected chi connectivity index (χ3v) is 14.2. The number of esters is 3. The summed E-state index contributed by atoms with van der Waals surface area (Å²) in [4.78, 5) is 38.3. The first-order valence-electron chi connectivity index (χ1n) is 32.4. The lowest BCUT2D eigenvalue weighted by Gasteiger charge is -2.18. The van der Waals surface area contributed by atoms with Gasteiger partial charge in [0.25, 0.3) is 0 Å². The minimum atomic E-state index is -0.815. The number of carbonyl (C=O) groups is 3. The van der Waals surface area contributed by atoms with Crippen LogP contribution in [0.5, 0.6) is 0 Å². The Hall–Kier alpha value is -3.15. The minimum Gasteiger partial charge on any atom is -0.462 e. The predicted octanol–water partition coefficient (Wildman–Crippen LogP) is 22.1. The molecule has 0 N–H and O–H groups in total. The molecule has 1 unspecified atom stereocenters. The average molecular weight is 1050 g/mol. The summed E-state index contributed by atoms with van der Waals surface area (Å²) in [5, 5.41) is 0. The molecular formula is C69H122O6. The van der Waals surface area contributed by atoms with Crippen LogP contribution in [0.1, 0.15) is 329 Å². The van der Waals surface area contributed by atoms with E-state index in [1.807, 2.05) is 6.08 Å². The Bertz CT molecular complexity index is 1390. The maximum absolute atomic E-state index is 12.9. The molecule has 0 radical (unpaired) electrons. The van der Waals surface area contributed by atoms with Gasteiger partial charge >= 0.3 is 17.9 Å². The molecule has 1 atom stereocenters. The average Bonchev–Trinajstić information content (AvgIpc) is 3.41. The standard InChI is InChI=1S/C69H122O6/c1-4-7-10-13-16-19-22-25-28-30-32-34-36-38-41-44-47-50-53-56-59-62-68(71)74-65-66(64-73-67(70)61-58-55-52-49-46-43-40-27-24-21-18-15-12-9-6-3)75-69(72)63-60-57-54-51-48-45-42-39-37-35-33-31-29-26-23-20-17-14-11-8-5-2/h9,12,18,21,27,30,32,40,46,49,55,58,66H,4-8,10-11,13-17,19-20,22-26,28-29,31,33-39,41-45,47-48,50-54,56-57,59-65H2,1-3H3/b12-9-,21-18-,32-30-,40-27-,49-46-,58-55-. The first kappa shape index (κ1) is 71.8. The Balaban J connectivity index is 4.39. The van der Waals surface area contributed by atoms with Gasteiger partial charge in [0.1, 0.15) is 13.2 Å². The molecule has 0 aliphatic rings. The molecule has 0 aromatic carbocycles. The van der Waals surface area contributed by atoms with E-state index in [-0.39, 0.29) is 31.6 Å². The quantitative estimate of drug-likeness (QED) is 0.0261. The molecule has 0 aromatic rings. The SMILES string of the molecule is CC/C=C\C/C=C\C/C=C\C/C=C\C/C=C\CC(=O)OCC(COC(=O)CCCCCCCCCCC/C=C\CCCCCCCCCC)OC(=O)CCCCCCCCCCCCCCCCCCCCCCC. The highest BCUT2D eigenvalue weighted by Crippen LogP contribution is 2.17. The molecule has 0 aliphatic heterocycles. The van der Waals surface area contributed by atoms with Crippen molar-refractivity contribution in [3.8, 4) is 0 Å². The van der Waals surface area contributed by atoms with Crippen LogP contribution in [0.25, 0.3) is 0 Å². The fourth-order valence-electron chi connectivity index (χ4n) is 9.40. The van der Waals surface area contributed by atoms with Crippen LogP contribution in [0.2, 0.25) is 0 Å². The van der Waals surface area contributed by atoms with Gasteiger partial charge in [-0.1, -0.05) is 312 Å². The summed E-state index contributed by atoms with van der Waals surface area (Å²) in [7, 11) is 0. The van der Waals surface area contributed by atoms with E-state index in [0.717, 1.165) is 70.6 Å². The zero-order valence-electron chi connectivity index (χ0n) is 49.8. The fraction of sp³-hybridized carbons (Fsp3) is 0.783. The predicted molar refractivity (Wildman–Crippen MR) is 325 cm³/mol. The van der Waals surface area contributed by atoms with Crippen LogP contribution in [0.3, 0.4) is 0 Å². The molecule has 0 amide bonds. The van der Waals surface area contributed by atoms with Crippen molar-refractivity contribution in [1.29, 1.82) is 0 Å². The first-order chi connectivity index (χ1) is 37.0. The summed E-state index contributed by atoms with van der Waals surface area (Å²) in [6, 6.07) is 0. The monoisotopic (exact) mass is 1050 g/mol. The summed E-state index contributed by atoms with van der Waals surface area (Å²) in [5.74, 6) is -1.02. The normalized spacial score (nSPS) is 12.5. The van der Waals surface area contributed by atoms with Gasteiger partial charge in [-0.05, 0) is 70.6 Å². The van der Waals surface area contributed by atoms with Crippen LogP contribution in [-0.4, -0.2) is 37.2 Å². The molecule has 0 bridgehead atoms. The van der Waals surface area contributed by atoms with Crippen LogP contribution in [0, 0.1) is 0 Å². The van der Waals surface area contributed by atoms with Crippen molar-refractivity contribution in [1.82, 2.24) is 0 Å². The molecule has 75 heavy (non-hydrogen) atoms. The Labute approximate surface area is 465 Å². The molecular weight excluding hydrogens is 925 g/mol. The summed E-state index contributed by atoms with van der Waals surface area (Å²) in [6.07, 6.45) is 82.3. The maximum atomic E-state index is 12.9. The van der Waals surface area contributed by atoms with Crippen molar-refractivity contribution < 1.29 is 28.6 Å². The molecule has 0 aliphatic carbocycles. The van der Waals surface area contributed by atoms with Gasteiger partial charge in [-0.2, -0.15) is 0 Å². The minimum absolute atomic E-state index is 0.103. The second kappa shape index (κ2) is 63.4. The van der Waals surface area contributed by atoms with Gasteiger partial charge < -0.3 is 14.2 Å². The van der Waals surface area contributed by atoms with Crippen LogP contribution < -0.4 is 0 Å². The zero-order valence-corrected chi connectivity index (χ0v) is 49.8. The van der Waals surface area contributed by atoms with Gasteiger partial charge in [0.15, 0.2) is 6.10 Å². The Kier molecular flexibility index (Phi) is 60.7. The van der Waals surface area contributed by atoms with E-state index in [0.29, 0.717) is 12.8 Å². The fourth-order valence-corrected chi connectivity index (χ4v) is 9.40. The second-order valence-electron chi connectivity index (χ2n) is 21.7. The van der Waals surface area contributed by atoms with E-state index in [1.54, 1.807) is 6.08 Å². The van der Waals surface area contributed by atoms with E-state index in [9.17, 15) is 14.4 Å². The van der Waals surface area contributed by atoms with Crippen molar-refractivity contribution in [2.24, 2.45) is 0 Å². The summed E-state index contributed by atoms with van der Waals surface area (Å²) < 4.78 is 16.8. The largest absolute Gasteiger partial charge is 0.462 e. The molecule has 0 spiro atoms. The van der Waals surface area contributed by atoms with Crippen LogP contribution in [0.4, 0.5) is 0 Å². The molecule has 0 heterocycles. The van der Waals surface area contributed by atoms with Gasteiger partial charge in [-0.15, -0.1) is 0 Å². The van der Waals surface area contributed by atoms with Crippen molar-refractivity contribution in [3.05, 3.63) is 72.9 Å². The smallest absolute Gasteiger partial charge is 0.309 e. The highest BCUT2D eigenvalue weighted by Gasteiger charge is 2.19. The van der Waals surface area contributed by atoms with Crippen LogP contribution in [0.15, 0.2) is 72.9 Å². The number of carbonyl (C=O) groups excluding carboxylic acids is 3. The summed E-state index contributed by atoms with van der Waals surface area (Å²) in [5.41, 5.74) is 0. The number of rotatable bonds is 59. The van der Waals surface area contributed by atoms with Gasteiger partial charge in [0.2, 0.25) is 0 Å². The van der Waals surface area contributed by atoms with Gasteiger partial charge in [0, 0.05) is 12.8 Å². The van der Waals surface area contributed by atoms with Gasteiger partial charge in [0.05, 0.1) is 6.42 Å². The van der Waals surface area contributed by atoms with Crippen molar-refractivity contribution in [3.63, 3.8) is 0 Å². The first-order valence-corrected chi connectivity index (χ1v) is 32.4. The maximum Gasteiger partial charge on any atom is 0.309 e. The Morgan fingerprint density at radius 3 is 0.920 bits per heavy atom. The van der Waals surface area contributed by atoms with Gasteiger partial charge in [-0.3, -0.25) is 14.4 Å². The second-order valence-corrected chi connectivity index (χ2v) is 21.7.